The normalized spacial score (nSPS) is 20.5. The summed E-state index contributed by atoms with van der Waals surface area (Å²) in [5.74, 6) is 0. The monoisotopic (exact) mass is 129 g/mol. The zero-order chi connectivity index (χ0) is 5.82. The van der Waals surface area contributed by atoms with Gasteiger partial charge in [0.2, 0.25) is 0 Å². The molecule has 0 bridgehead atoms. The molecular formula is C4H8N3P. The van der Waals surface area contributed by atoms with Gasteiger partial charge in [-0.3, -0.25) is 0 Å². The third-order valence-corrected chi connectivity index (χ3v) is 3.25. The van der Waals surface area contributed by atoms with Crippen LogP contribution in [0.3, 0.4) is 0 Å². The SMILES string of the molecule is [N-]=[N+]=NP1CCCC1. The van der Waals surface area contributed by atoms with E-state index in [9.17, 15) is 0 Å². The highest BCUT2D eigenvalue weighted by atomic mass is 31.1. The van der Waals surface area contributed by atoms with Gasteiger partial charge < -0.3 is 0 Å². The molecule has 0 N–H and O–H groups in total. The van der Waals surface area contributed by atoms with Crippen LogP contribution in [0.25, 0.3) is 10.4 Å². The van der Waals surface area contributed by atoms with Gasteiger partial charge >= 0.3 is 0 Å². The standard InChI is InChI=1S/C4H8N3P/c5-6-7-8-3-1-2-4-8/h1-4H2. The van der Waals surface area contributed by atoms with Crippen molar-refractivity contribution in [1.82, 2.24) is 0 Å². The van der Waals surface area contributed by atoms with Gasteiger partial charge in [0.1, 0.15) is 0 Å². The fourth-order valence-electron chi connectivity index (χ4n) is 0.846. The van der Waals surface area contributed by atoms with Crippen LogP contribution in [0.2, 0.25) is 0 Å². The summed E-state index contributed by atoms with van der Waals surface area (Å²) >= 11 is 0. The van der Waals surface area contributed by atoms with Gasteiger partial charge in [-0.05, 0) is 38.8 Å². The first-order valence-corrected chi connectivity index (χ1v) is 4.40. The van der Waals surface area contributed by atoms with Crippen molar-refractivity contribution in [2.75, 3.05) is 12.3 Å². The third kappa shape index (κ3) is 1.36. The van der Waals surface area contributed by atoms with E-state index >= 15 is 0 Å². The lowest BCUT2D eigenvalue weighted by atomic mass is 10.4. The number of nitrogens with zero attached hydrogens (tertiary/aromatic N) is 3. The minimum Gasteiger partial charge on any atom is -0.0726 e. The zero-order valence-corrected chi connectivity index (χ0v) is 5.51. The van der Waals surface area contributed by atoms with Crippen molar-refractivity contribution in [2.45, 2.75) is 12.8 Å². The maximum absolute atomic E-state index is 8.00. The molecule has 0 aromatic heterocycles. The van der Waals surface area contributed by atoms with Crippen molar-refractivity contribution in [2.24, 2.45) is 4.88 Å². The van der Waals surface area contributed by atoms with Crippen LogP contribution < -0.4 is 0 Å². The van der Waals surface area contributed by atoms with Crippen molar-refractivity contribution in [1.29, 1.82) is 0 Å². The van der Waals surface area contributed by atoms with Crippen LogP contribution in [0.5, 0.6) is 0 Å². The van der Waals surface area contributed by atoms with Crippen molar-refractivity contribution in [3.8, 4) is 0 Å². The second kappa shape index (κ2) is 2.91. The van der Waals surface area contributed by atoms with Gasteiger partial charge in [0.25, 0.3) is 0 Å². The summed E-state index contributed by atoms with van der Waals surface area (Å²) in [5, 5.41) is 0. The lowest BCUT2D eigenvalue weighted by Crippen LogP contribution is -1.64. The molecule has 44 valence electrons. The predicted octanol–water partition coefficient (Wildman–Crippen LogP) is 2.49. The van der Waals surface area contributed by atoms with E-state index < -0.39 is 0 Å². The second-order valence-electron chi connectivity index (χ2n) is 1.84. The molecule has 1 aliphatic heterocycles. The fraction of sp³-hybridized carbons (Fsp3) is 1.00. The second-order valence-corrected chi connectivity index (χ2v) is 3.93. The van der Waals surface area contributed by atoms with Crippen LogP contribution in [0.1, 0.15) is 12.8 Å². The van der Waals surface area contributed by atoms with Crippen LogP contribution in [-0.4, -0.2) is 12.3 Å². The van der Waals surface area contributed by atoms with Gasteiger partial charge in [-0.25, -0.2) is 0 Å². The van der Waals surface area contributed by atoms with E-state index in [2.05, 4.69) is 9.80 Å². The third-order valence-electron chi connectivity index (χ3n) is 1.25. The Morgan fingerprint density at radius 2 is 2.00 bits per heavy atom. The predicted molar refractivity (Wildman–Crippen MR) is 35.0 cm³/mol. The molecule has 8 heavy (non-hydrogen) atoms. The topological polar surface area (TPSA) is 48.8 Å². The summed E-state index contributed by atoms with van der Waals surface area (Å²) in [6, 6.07) is 0. The smallest absolute Gasteiger partial charge is 0.00472 e. The number of rotatable bonds is 1. The minimum atomic E-state index is -0.237. The van der Waals surface area contributed by atoms with E-state index in [0.717, 1.165) is 0 Å². The molecular weight excluding hydrogens is 121 g/mol. The maximum atomic E-state index is 8.00. The summed E-state index contributed by atoms with van der Waals surface area (Å²) < 4.78 is 0. The molecule has 0 aromatic rings. The Morgan fingerprint density at radius 1 is 1.38 bits per heavy atom. The highest BCUT2D eigenvalue weighted by molar-refractivity contribution is 7.56. The molecule has 0 amide bonds. The van der Waals surface area contributed by atoms with Gasteiger partial charge in [0, 0.05) is 4.91 Å². The Morgan fingerprint density at radius 3 is 2.50 bits per heavy atom. The highest BCUT2D eigenvalue weighted by Gasteiger charge is 2.10. The van der Waals surface area contributed by atoms with Crippen LogP contribution >= 0.6 is 8.07 Å². The zero-order valence-electron chi connectivity index (χ0n) is 4.62. The quantitative estimate of drug-likeness (QED) is 0.226. The maximum Gasteiger partial charge on any atom is 0.00472 e. The first-order chi connectivity index (χ1) is 3.93. The molecule has 0 spiro atoms. The van der Waals surface area contributed by atoms with Crippen LogP contribution in [0.15, 0.2) is 4.88 Å². The Labute approximate surface area is 49.5 Å². The fourth-order valence-corrected chi connectivity index (χ4v) is 2.54. The average Bonchev–Trinajstić information content (AvgIpc) is 2.19. The molecule has 0 saturated carbocycles. The molecule has 0 aromatic carbocycles. The Balaban J connectivity index is 2.35. The van der Waals surface area contributed by atoms with Crippen molar-refractivity contribution in [3.05, 3.63) is 10.4 Å². The Kier molecular flexibility index (Phi) is 2.13. The largest absolute Gasteiger partial charge is 0.0726 e. The van der Waals surface area contributed by atoms with Gasteiger partial charge in [-0.1, -0.05) is 4.88 Å². The van der Waals surface area contributed by atoms with Gasteiger partial charge in [-0.15, -0.1) is 0 Å². The molecule has 1 saturated heterocycles. The van der Waals surface area contributed by atoms with E-state index in [4.69, 9.17) is 5.53 Å². The lowest BCUT2D eigenvalue weighted by Gasteiger charge is -1.93. The molecule has 0 radical (unpaired) electrons. The van der Waals surface area contributed by atoms with Crippen molar-refractivity contribution in [3.63, 3.8) is 0 Å². The summed E-state index contributed by atoms with van der Waals surface area (Å²) in [7, 11) is -0.237. The van der Waals surface area contributed by atoms with Crippen molar-refractivity contribution >= 4 is 8.07 Å². The van der Waals surface area contributed by atoms with Crippen LogP contribution in [-0.2, 0) is 0 Å². The molecule has 0 atom stereocenters. The first kappa shape index (κ1) is 5.87. The lowest BCUT2D eigenvalue weighted by molar-refractivity contribution is 0.949. The molecule has 3 nitrogen and oxygen atoms in total. The first-order valence-electron chi connectivity index (χ1n) is 2.73. The number of hydrogen-bond donors (Lipinski definition) is 0. The average molecular weight is 129 g/mol. The Bertz CT molecular complexity index is 112. The van der Waals surface area contributed by atoms with Crippen LogP contribution in [0.4, 0.5) is 0 Å². The molecule has 1 heterocycles. The molecule has 0 aliphatic carbocycles. The van der Waals surface area contributed by atoms with E-state index in [1.807, 2.05) is 0 Å². The molecule has 1 aliphatic rings. The van der Waals surface area contributed by atoms with E-state index in [1.54, 1.807) is 0 Å². The van der Waals surface area contributed by atoms with E-state index in [0.29, 0.717) is 0 Å². The van der Waals surface area contributed by atoms with E-state index in [1.165, 1.54) is 25.2 Å². The summed E-state index contributed by atoms with van der Waals surface area (Å²) in [6.45, 7) is 0. The van der Waals surface area contributed by atoms with Gasteiger partial charge in [0.15, 0.2) is 0 Å². The van der Waals surface area contributed by atoms with Crippen LogP contribution in [0, 0.1) is 0 Å². The molecule has 1 fully saturated rings. The summed E-state index contributed by atoms with van der Waals surface area (Å²) in [5.41, 5.74) is 8.00. The number of azide groups is 1. The molecule has 0 unspecified atom stereocenters. The van der Waals surface area contributed by atoms with Gasteiger partial charge in [-0.2, -0.15) is 0 Å². The van der Waals surface area contributed by atoms with Gasteiger partial charge in [0.05, 0.1) is 0 Å². The molecule has 4 heteroatoms. The summed E-state index contributed by atoms with van der Waals surface area (Å²) in [4.78, 5) is 6.44. The Hall–Kier alpha value is -0.260. The minimum absolute atomic E-state index is 0.237. The summed E-state index contributed by atoms with van der Waals surface area (Å²) in [6.07, 6.45) is 4.87. The molecule has 1 rings (SSSR count). The number of hydrogen-bond acceptors (Lipinski definition) is 1. The van der Waals surface area contributed by atoms with E-state index in [-0.39, 0.29) is 8.07 Å². The van der Waals surface area contributed by atoms with Crippen molar-refractivity contribution < 1.29 is 0 Å². The highest BCUT2D eigenvalue weighted by Crippen LogP contribution is 2.44.